The van der Waals surface area contributed by atoms with Gasteiger partial charge in [0, 0.05) is 10.0 Å². The number of nitrogens with zero attached hydrogens (tertiary/aromatic N) is 1. The van der Waals surface area contributed by atoms with Crippen molar-refractivity contribution in [2.75, 3.05) is 0 Å². The summed E-state index contributed by atoms with van der Waals surface area (Å²) in [5, 5.41) is 4.02. The van der Waals surface area contributed by atoms with Crippen molar-refractivity contribution in [2.45, 2.75) is 13.5 Å². The molecule has 0 heterocycles. The normalized spacial score (nSPS) is 10.8. The Morgan fingerprint density at radius 1 is 1.04 bits per heavy atom. The minimum Gasteiger partial charge on any atom is -0.488 e. The fraction of sp³-hybridized carbons (Fsp3) is 0.0909. The van der Waals surface area contributed by atoms with Gasteiger partial charge in [-0.1, -0.05) is 45.8 Å². The van der Waals surface area contributed by atoms with E-state index in [2.05, 4.69) is 42.4 Å². The maximum atomic E-state index is 12.1. The van der Waals surface area contributed by atoms with E-state index in [1.54, 1.807) is 18.3 Å². The molecule has 1 N–H and O–H groups in total. The molecule has 1 amide bonds. The van der Waals surface area contributed by atoms with Gasteiger partial charge in [-0.2, -0.15) is 5.10 Å². The van der Waals surface area contributed by atoms with Crippen molar-refractivity contribution in [3.05, 3.63) is 97.9 Å². The maximum absolute atomic E-state index is 12.1. The monoisotopic (exact) mass is 500 g/mol. The van der Waals surface area contributed by atoms with Crippen LogP contribution in [-0.4, -0.2) is 12.1 Å². The van der Waals surface area contributed by atoms with Crippen molar-refractivity contribution in [1.82, 2.24) is 5.43 Å². The number of amides is 1. The molecule has 6 heteroatoms. The zero-order chi connectivity index (χ0) is 19.9. The van der Waals surface area contributed by atoms with Crippen LogP contribution in [0.25, 0.3) is 0 Å². The molecule has 0 aliphatic carbocycles. The van der Waals surface area contributed by atoms with Gasteiger partial charge in [0.15, 0.2) is 0 Å². The lowest BCUT2D eigenvalue weighted by Crippen LogP contribution is -2.17. The maximum Gasteiger partial charge on any atom is 0.271 e. The van der Waals surface area contributed by atoms with E-state index in [1.807, 2.05) is 61.5 Å². The standard InChI is InChI=1S/C22H18Br2N2O2/c1-15-2-7-18(8-3-15)22(27)26-25-13-17-6-11-21(20(24)12-17)28-14-16-4-9-19(23)10-5-16/h2-13H,14H2,1H3,(H,26,27)/b25-13-. The van der Waals surface area contributed by atoms with Gasteiger partial charge in [-0.05, 0) is 76.4 Å². The summed E-state index contributed by atoms with van der Waals surface area (Å²) in [7, 11) is 0. The minimum absolute atomic E-state index is 0.246. The van der Waals surface area contributed by atoms with Gasteiger partial charge in [0.1, 0.15) is 12.4 Å². The molecule has 0 fully saturated rings. The second kappa shape index (κ2) is 9.66. The van der Waals surface area contributed by atoms with E-state index in [1.165, 1.54) is 0 Å². The third-order valence-corrected chi connectivity index (χ3v) is 5.11. The third-order valence-electron chi connectivity index (χ3n) is 3.96. The number of aryl methyl sites for hydroxylation is 1. The molecule has 0 aromatic heterocycles. The van der Waals surface area contributed by atoms with Gasteiger partial charge in [-0.15, -0.1) is 0 Å². The molecule has 3 aromatic carbocycles. The summed E-state index contributed by atoms with van der Waals surface area (Å²) in [5.41, 5.74) is 6.13. The smallest absolute Gasteiger partial charge is 0.271 e. The van der Waals surface area contributed by atoms with Gasteiger partial charge < -0.3 is 4.74 Å². The van der Waals surface area contributed by atoms with Crippen molar-refractivity contribution >= 4 is 44.0 Å². The van der Waals surface area contributed by atoms with Gasteiger partial charge in [0.25, 0.3) is 5.91 Å². The van der Waals surface area contributed by atoms with E-state index in [4.69, 9.17) is 4.74 Å². The van der Waals surface area contributed by atoms with Crippen LogP contribution >= 0.6 is 31.9 Å². The zero-order valence-corrected chi connectivity index (χ0v) is 18.3. The molecule has 0 atom stereocenters. The van der Waals surface area contributed by atoms with Crippen LogP contribution in [0, 0.1) is 6.92 Å². The minimum atomic E-state index is -0.246. The Morgan fingerprint density at radius 2 is 1.75 bits per heavy atom. The molecule has 4 nitrogen and oxygen atoms in total. The van der Waals surface area contributed by atoms with Gasteiger partial charge in [-0.25, -0.2) is 5.43 Å². The highest BCUT2D eigenvalue weighted by molar-refractivity contribution is 9.10. The molecular formula is C22H18Br2N2O2. The first-order chi connectivity index (χ1) is 13.5. The van der Waals surface area contributed by atoms with E-state index in [-0.39, 0.29) is 5.91 Å². The van der Waals surface area contributed by atoms with E-state index < -0.39 is 0 Å². The van der Waals surface area contributed by atoms with E-state index in [0.29, 0.717) is 12.2 Å². The van der Waals surface area contributed by atoms with Crippen LogP contribution < -0.4 is 10.2 Å². The number of carbonyl (C=O) groups excluding carboxylic acids is 1. The summed E-state index contributed by atoms with van der Waals surface area (Å²) in [6, 6.07) is 20.9. The molecule has 0 saturated carbocycles. The number of ether oxygens (including phenoxy) is 1. The Hall–Kier alpha value is -2.44. The van der Waals surface area contributed by atoms with Crippen LogP contribution in [0.3, 0.4) is 0 Å². The van der Waals surface area contributed by atoms with Crippen LogP contribution in [0.2, 0.25) is 0 Å². The molecule has 0 bridgehead atoms. The summed E-state index contributed by atoms with van der Waals surface area (Å²) >= 11 is 6.93. The molecule has 0 aliphatic heterocycles. The first-order valence-electron chi connectivity index (χ1n) is 8.58. The number of halogens is 2. The molecular weight excluding hydrogens is 484 g/mol. The summed E-state index contributed by atoms with van der Waals surface area (Å²) in [6.45, 7) is 2.45. The van der Waals surface area contributed by atoms with Crippen molar-refractivity contribution < 1.29 is 9.53 Å². The van der Waals surface area contributed by atoms with Crippen molar-refractivity contribution in [3.63, 3.8) is 0 Å². The van der Waals surface area contributed by atoms with Crippen LogP contribution in [0.15, 0.2) is 80.8 Å². The average molecular weight is 502 g/mol. The fourth-order valence-electron chi connectivity index (χ4n) is 2.39. The highest BCUT2D eigenvalue weighted by atomic mass is 79.9. The molecule has 142 valence electrons. The van der Waals surface area contributed by atoms with Crippen LogP contribution in [0.4, 0.5) is 0 Å². The molecule has 28 heavy (non-hydrogen) atoms. The first-order valence-corrected chi connectivity index (χ1v) is 10.2. The SMILES string of the molecule is Cc1ccc(C(=O)N/N=C\c2ccc(OCc3ccc(Br)cc3)c(Br)c2)cc1. The first kappa shape index (κ1) is 20.3. The number of hydrogen-bond acceptors (Lipinski definition) is 3. The molecule has 0 unspecified atom stereocenters. The summed E-state index contributed by atoms with van der Waals surface area (Å²) in [6.07, 6.45) is 1.59. The third kappa shape index (κ3) is 5.78. The zero-order valence-electron chi connectivity index (χ0n) is 15.2. The average Bonchev–Trinajstić information content (AvgIpc) is 2.69. The summed E-state index contributed by atoms with van der Waals surface area (Å²) < 4.78 is 7.71. The number of hydrazone groups is 1. The summed E-state index contributed by atoms with van der Waals surface area (Å²) in [4.78, 5) is 12.1. The van der Waals surface area contributed by atoms with Gasteiger partial charge in [0.2, 0.25) is 0 Å². The molecule has 0 radical (unpaired) electrons. The van der Waals surface area contributed by atoms with Crippen LogP contribution in [0.1, 0.15) is 27.0 Å². The van der Waals surface area contributed by atoms with Crippen LogP contribution in [-0.2, 0) is 6.61 Å². The molecule has 0 aliphatic rings. The van der Waals surface area contributed by atoms with E-state index in [0.717, 1.165) is 31.4 Å². The quantitative estimate of drug-likeness (QED) is 0.339. The van der Waals surface area contributed by atoms with E-state index in [9.17, 15) is 4.79 Å². The number of nitrogens with one attached hydrogen (secondary N) is 1. The van der Waals surface area contributed by atoms with Crippen molar-refractivity contribution in [3.8, 4) is 5.75 Å². The number of benzene rings is 3. The fourth-order valence-corrected chi connectivity index (χ4v) is 3.17. The Morgan fingerprint density at radius 3 is 2.43 bits per heavy atom. The predicted molar refractivity (Wildman–Crippen MR) is 119 cm³/mol. The van der Waals surface area contributed by atoms with Crippen molar-refractivity contribution in [2.24, 2.45) is 5.10 Å². The molecule has 3 rings (SSSR count). The lowest BCUT2D eigenvalue weighted by molar-refractivity contribution is 0.0955. The van der Waals surface area contributed by atoms with Gasteiger partial charge in [-0.3, -0.25) is 4.79 Å². The van der Waals surface area contributed by atoms with Gasteiger partial charge >= 0.3 is 0 Å². The second-order valence-corrected chi connectivity index (χ2v) is 7.94. The van der Waals surface area contributed by atoms with Crippen LogP contribution in [0.5, 0.6) is 5.75 Å². The molecule has 0 saturated heterocycles. The Bertz CT molecular complexity index is 984. The van der Waals surface area contributed by atoms with Gasteiger partial charge in [0.05, 0.1) is 10.7 Å². The largest absolute Gasteiger partial charge is 0.488 e. The molecule has 0 spiro atoms. The highest BCUT2D eigenvalue weighted by Crippen LogP contribution is 2.26. The summed E-state index contributed by atoms with van der Waals surface area (Å²) in [5.74, 6) is 0.494. The number of rotatable bonds is 6. The topological polar surface area (TPSA) is 50.7 Å². The Kier molecular flexibility index (Phi) is 7.01. The highest BCUT2D eigenvalue weighted by Gasteiger charge is 2.05. The predicted octanol–water partition coefficient (Wildman–Crippen LogP) is 5.86. The Balaban J connectivity index is 1.57. The number of carbonyl (C=O) groups is 1. The number of hydrogen-bond donors (Lipinski definition) is 1. The lowest BCUT2D eigenvalue weighted by atomic mass is 10.1. The molecule has 3 aromatic rings. The van der Waals surface area contributed by atoms with Crippen molar-refractivity contribution in [1.29, 1.82) is 0 Å². The van der Waals surface area contributed by atoms with E-state index >= 15 is 0 Å². The lowest BCUT2D eigenvalue weighted by Gasteiger charge is -2.09. The Labute approximate surface area is 180 Å². The second-order valence-electron chi connectivity index (χ2n) is 6.17.